The van der Waals surface area contributed by atoms with Crippen molar-refractivity contribution in [2.24, 2.45) is 0 Å². The summed E-state index contributed by atoms with van der Waals surface area (Å²) >= 11 is 0. The summed E-state index contributed by atoms with van der Waals surface area (Å²) in [5, 5.41) is 10.9. The van der Waals surface area contributed by atoms with Crippen molar-refractivity contribution in [1.29, 1.82) is 0 Å². The lowest BCUT2D eigenvalue weighted by atomic mass is 10.1. The summed E-state index contributed by atoms with van der Waals surface area (Å²) in [6.45, 7) is 2.01. The largest absolute Gasteiger partial charge is 0.478 e. The number of carbonyl (C=O) groups is 1. The molecule has 1 aromatic heterocycles. The number of aromatic nitrogens is 1. The number of carboxylic acids is 1. The fourth-order valence-corrected chi connectivity index (χ4v) is 2.53. The summed E-state index contributed by atoms with van der Waals surface area (Å²) in [6.07, 6.45) is 3.83. The lowest BCUT2D eigenvalue weighted by Gasteiger charge is -2.19. The average molecular weight is 242 g/mol. The van der Waals surface area contributed by atoms with Crippen LogP contribution in [0, 0.1) is 0 Å². The number of rotatable bonds is 2. The Bertz CT molecular complexity index is 604. The fraction of sp³-hybridized carbons (Fsp3) is 0.286. The van der Waals surface area contributed by atoms with Crippen LogP contribution >= 0.6 is 0 Å². The number of fused-ring (bicyclic) bond motifs is 1. The maximum absolute atomic E-state index is 11.2. The minimum absolute atomic E-state index is 0.272. The standard InChI is InChI=1S/C14H14N2O2/c17-14(18)12-9-15-13(16-7-3-4-8-16)11-6-2-1-5-10(11)12/h1-2,5-6,9H,3-4,7-8H2,(H,17,18). The molecule has 0 bridgehead atoms. The molecule has 0 spiro atoms. The van der Waals surface area contributed by atoms with Crippen LogP contribution in [0.4, 0.5) is 5.82 Å². The summed E-state index contributed by atoms with van der Waals surface area (Å²) < 4.78 is 0. The van der Waals surface area contributed by atoms with Gasteiger partial charge in [-0.05, 0) is 12.8 Å². The molecule has 1 aromatic carbocycles. The molecule has 1 aliphatic rings. The van der Waals surface area contributed by atoms with E-state index in [1.54, 1.807) is 0 Å². The van der Waals surface area contributed by atoms with Gasteiger partial charge in [0.2, 0.25) is 0 Å². The van der Waals surface area contributed by atoms with Gasteiger partial charge < -0.3 is 10.0 Å². The number of pyridine rings is 1. The van der Waals surface area contributed by atoms with Gasteiger partial charge >= 0.3 is 5.97 Å². The van der Waals surface area contributed by atoms with Gasteiger partial charge in [0.1, 0.15) is 5.82 Å². The summed E-state index contributed by atoms with van der Waals surface area (Å²) in [4.78, 5) is 17.8. The van der Waals surface area contributed by atoms with E-state index >= 15 is 0 Å². The average Bonchev–Trinajstić information content (AvgIpc) is 2.91. The Balaban J connectivity index is 2.22. The van der Waals surface area contributed by atoms with E-state index in [1.165, 1.54) is 19.0 Å². The molecule has 92 valence electrons. The smallest absolute Gasteiger partial charge is 0.337 e. The van der Waals surface area contributed by atoms with E-state index in [4.69, 9.17) is 0 Å². The van der Waals surface area contributed by atoms with Gasteiger partial charge in [0, 0.05) is 30.1 Å². The van der Waals surface area contributed by atoms with E-state index in [2.05, 4.69) is 9.88 Å². The molecule has 0 atom stereocenters. The normalized spacial score (nSPS) is 15.2. The van der Waals surface area contributed by atoms with E-state index in [-0.39, 0.29) is 5.56 Å². The van der Waals surface area contributed by atoms with Crippen molar-refractivity contribution in [2.45, 2.75) is 12.8 Å². The highest BCUT2D eigenvalue weighted by Gasteiger charge is 2.18. The zero-order valence-electron chi connectivity index (χ0n) is 9.97. The Kier molecular flexibility index (Phi) is 2.63. The number of nitrogens with zero attached hydrogens (tertiary/aromatic N) is 2. The monoisotopic (exact) mass is 242 g/mol. The Morgan fingerprint density at radius 1 is 1.17 bits per heavy atom. The summed E-state index contributed by atoms with van der Waals surface area (Å²) in [7, 11) is 0. The van der Waals surface area contributed by atoms with Crippen LogP contribution in [-0.2, 0) is 0 Å². The lowest BCUT2D eigenvalue weighted by Crippen LogP contribution is -2.19. The molecule has 0 radical (unpaired) electrons. The van der Waals surface area contributed by atoms with Crippen molar-refractivity contribution in [1.82, 2.24) is 4.98 Å². The van der Waals surface area contributed by atoms with Crippen LogP contribution in [0.3, 0.4) is 0 Å². The topological polar surface area (TPSA) is 53.4 Å². The Morgan fingerprint density at radius 3 is 2.50 bits per heavy atom. The summed E-state index contributed by atoms with van der Waals surface area (Å²) in [6, 6.07) is 7.58. The van der Waals surface area contributed by atoms with Gasteiger partial charge in [-0.1, -0.05) is 24.3 Å². The molecule has 2 heterocycles. The molecule has 2 aromatic rings. The number of anilines is 1. The van der Waals surface area contributed by atoms with Crippen LogP contribution in [0.2, 0.25) is 0 Å². The third-order valence-corrected chi connectivity index (χ3v) is 3.41. The molecule has 1 fully saturated rings. The Hall–Kier alpha value is -2.10. The number of carboxylic acid groups (broad SMARTS) is 1. The third-order valence-electron chi connectivity index (χ3n) is 3.41. The van der Waals surface area contributed by atoms with Crippen LogP contribution in [0.15, 0.2) is 30.5 Å². The highest BCUT2D eigenvalue weighted by atomic mass is 16.4. The van der Waals surface area contributed by atoms with Gasteiger partial charge in [0.05, 0.1) is 5.56 Å². The quantitative estimate of drug-likeness (QED) is 0.879. The molecule has 3 rings (SSSR count). The van der Waals surface area contributed by atoms with Crippen LogP contribution in [0.1, 0.15) is 23.2 Å². The van der Waals surface area contributed by atoms with Gasteiger partial charge in [-0.25, -0.2) is 9.78 Å². The van der Waals surface area contributed by atoms with Crippen molar-refractivity contribution in [3.8, 4) is 0 Å². The van der Waals surface area contributed by atoms with E-state index in [0.29, 0.717) is 0 Å². The van der Waals surface area contributed by atoms with Gasteiger partial charge in [-0.3, -0.25) is 0 Å². The number of hydrogen-bond donors (Lipinski definition) is 1. The maximum Gasteiger partial charge on any atom is 0.337 e. The summed E-state index contributed by atoms with van der Waals surface area (Å²) in [5.41, 5.74) is 0.272. The predicted octanol–water partition coefficient (Wildman–Crippen LogP) is 2.53. The van der Waals surface area contributed by atoms with E-state index in [0.717, 1.165) is 29.7 Å². The van der Waals surface area contributed by atoms with Crippen LogP contribution in [-0.4, -0.2) is 29.1 Å². The van der Waals surface area contributed by atoms with Crippen molar-refractivity contribution >= 4 is 22.6 Å². The second-order valence-corrected chi connectivity index (χ2v) is 4.54. The van der Waals surface area contributed by atoms with Crippen LogP contribution in [0.25, 0.3) is 10.8 Å². The molecule has 4 heteroatoms. The van der Waals surface area contributed by atoms with Crippen LogP contribution in [0.5, 0.6) is 0 Å². The minimum Gasteiger partial charge on any atom is -0.478 e. The third kappa shape index (κ3) is 1.70. The number of aromatic carboxylic acids is 1. The van der Waals surface area contributed by atoms with Crippen molar-refractivity contribution in [3.63, 3.8) is 0 Å². The van der Waals surface area contributed by atoms with Crippen LogP contribution < -0.4 is 4.90 Å². The van der Waals surface area contributed by atoms with Gasteiger partial charge in [-0.2, -0.15) is 0 Å². The lowest BCUT2D eigenvalue weighted by molar-refractivity contribution is 0.0698. The zero-order valence-corrected chi connectivity index (χ0v) is 9.97. The van der Waals surface area contributed by atoms with Crippen molar-refractivity contribution in [2.75, 3.05) is 18.0 Å². The molecule has 1 N–H and O–H groups in total. The number of benzene rings is 1. The van der Waals surface area contributed by atoms with E-state index in [1.807, 2.05) is 24.3 Å². The molecule has 0 amide bonds. The van der Waals surface area contributed by atoms with Gasteiger partial charge in [0.25, 0.3) is 0 Å². The second kappa shape index (κ2) is 4.29. The first kappa shape index (κ1) is 11.0. The molecular weight excluding hydrogens is 228 g/mol. The predicted molar refractivity (Wildman–Crippen MR) is 70.1 cm³/mol. The first-order valence-corrected chi connectivity index (χ1v) is 6.13. The highest BCUT2D eigenvalue weighted by Crippen LogP contribution is 2.29. The SMILES string of the molecule is O=C(O)c1cnc(N2CCCC2)c2ccccc12. The molecule has 1 saturated heterocycles. The molecule has 18 heavy (non-hydrogen) atoms. The highest BCUT2D eigenvalue weighted by molar-refractivity contribution is 6.06. The maximum atomic E-state index is 11.2. The molecular formula is C14H14N2O2. The molecule has 0 unspecified atom stereocenters. The molecule has 1 aliphatic heterocycles. The van der Waals surface area contributed by atoms with E-state index in [9.17, 15) is 9.90 Å². The first-order chi connectivity index (χ1) is 8.77. The Labute approximate surface area is 105 Å². The van der Waals surface area contributed by atoms with Gasteiger partial charge in [0.15, 0.2) is 0 Å². The second-order valence-electron chi connectivity index (χ2n) is 4.54. The molecule has 4 nitrogen and oxygen atoms in total. The zero-order chi connectivity index (χ0) is 12.5. The van der Waals surface area contributed by atoms with E-state index < -0.39 is 5.97 Å². The van der Waals surface area contributed by atoms with Crippen molar-refractivity contribution in [3.05, 3.63) is 36.0 Å². The fourth-order valence-electron chi connectivity index (χ4n) is 2.53. The summed E-state index contributed by atoms with van der Waals surface area (Å²) in [5.74, 6) is -0.0141. The Morgan fingerprint density at radius 2 is 1.83 bits per heavy atom. The first-order valence-electron chi connectivity index (χ1n) is 6.13. The number of hydrogen-bond acceptors (Lipinski definition) is 3. The molecule has 0 aliphatic carbocycles. The van der Waals surface area contributed by atoms with Crippen molar-refractivity contribution < 1.29 is 9.90 Å². The minimum atomic E-state index is -0.924. The van der Waals surface area contributed by atoms with Gasteiger partial charge in [-0.15, -0.1) is 0 Å². The molecule has 0 saturated carbocycles.